The zero-order valence-electron chi connectivity index (χ0n) is 9.87. The van der Waals surface area contributed by atoms with Crippen LogP contribution < -0.4 is 0 Å². The maximum absolute atomic E-state index is 10.5. The Bertz CT molecular complexity index is 514. The predicted octanol–water partition coefficient (Wildman–Crippen LogP) is 2.19. The molecule has 1 heterocycles. The number of aliphatic hydroxyl groups is 1. The van der Waals surface area contributed by atoms with Gasteiger partial charge in [0.05, 0.1) is 5.69 Å². The molecule has 3 rings (SSSR count). The smallest absolute Gasteiger partial charge is 0.107 e. The zero-order chi connectivity index (χ0) is 11.9. The molecule has 1 unspecified atom stereocenters. The molecule has 0 saturated heterocycles. The number of aromatic nitrogens is 2. The third kappa shape index (κ3) is 1.67. The second kappa shape index (κ2) is 3.70. The van der Waals surface area contributed by atoms with E-state index in [4.69, 9.17) is 0 Å². The van der Waals surface area contributed by atoms with Gasteiger partial charge in [0.2, 0.25) is 0 Å². The van der Waals surface area contributed by atoms with Crippen LogP contribution in [0, 0.1) is 0 Å². The molecule has 1 aromatic carbocycles. The van der Waals surface area contributed by atoms with Crippen molar-refractivity contribution in [3.8, 4) is 0 Å². The van der Waals surface area contributed by atoms with Gasteiger partial charge < -0.3 is 5.11 Å². The van der Waals surface area contributed by atoms with Gasteiger partial charge in [0.1, 0.15) is 6.10 Å². The summed E-state index contributed by atoms with van der Waals surface area (Å²) in [7, 11) is 1.87. The fourth-order valence-corrected chi connectivity index (χ4v) is 2.49. The topological polar surface area (TPSA) is 38.0 Å². The van der Waals surface area contributed by atoms with Crippen LogP contribution in [0.25, 0.3) is 0 Å². The Morgan fingerprint density at radius 2 is 1.94 bits per heavy atom. The lowest BCUT2D eigenvalue weighted by atomic mass is 9.88. The second-order valence-corrected chi connectivity index (χ2v) is 4.84. The summed E-state index contributed by atoms with van der Waals surface area (Å²) in [4.78, 5) is 0. The fourth-order valence-electron chi connectivity index (χ4n) is 2.49. The number of hydrogen-bond donors (Lipinski definition) is 1. The molecule has 1 aromatic heterocycles. The molecule has 1 aliphatic rings. The molecule has 1 aliphatic carbocycles. The molecule has 1 saturated carbocycles. The molecule has 1 atom stereocenters. The van der Waals surface area contributed by atoms with Crippen molar-refractivity contribution in [2.24, 2.45) is 7.05 Å². The summed E-state index contributed by atoms with van der Waals surface area (Å²) in [5, 5.41) is 14.8. The van der Waals surface area contributed by atoms with Crippen LogP contribution in [0.15, 0.2) is 42.6 Å². The quantitative estimate of drug-likeness (QED) is 0.874. The number of aliphatic hydroxyl groups excluding tert-OH is 1. The van der Waals surface area contributed by atoms with Gasteiger partial charge >= 0.3 is 0 Å². The number of nitrogens with zero attached hydrogens (tertiary/aromatic N) is 2. The van der Waals surface area contributed by atoms with Crippen LogP contribution in [0.4, 0.5) is 0 Å². The molecular formula is C14H16N2O. The minimum Gasteiger partial charge on any atom is -0.386 e. The first-order valence-corrected chi connectivity index (χ1v) is 5.95. The minimum atomic E-state index is -0.494. The van der Waals surface area contributed by atoms with Crippen molar-refractivity contribution >= 4 is 0 Å². The van der Waals surface area contributed by atoms with Crippen molar-refractivity contribution in [1.82, 2.24) is 9.78 Å². The van der Waals surface area contributed by atoms with E-state index >= 15 is 0 Å². The van der Waals surface area contributed by atoms with Crippen LogP contribution in [0.2, 0.25) is 0 Å². The lowest BCUT2D eigenvalue weighted by Gasteiger charge is -2.21. The first-order chi connectivity index (χ1) is 8.22. The number of aryl methyl sites for hydroxylation is 1. The van der Waals surface area contributed by atoms with Crippen molar-refractivity contribution in [3.63, 3.8) is 0 Å². The highest BCUT2D eigenvalue weighted by Gasteiger charge is 2.51. The summed E-state index contributed by atoms with van der Waals surface area (Å²) in [6, 6.07) is 12.2. The average Bonchev–Trinajstić information content (AvgIpc) is 3.07. The minimum absolute atomic E-state index is 0.102. The van der Waals surface area contributed by atoms with E-state index < -0.39 is 6.10 Å². The highest BCUT2D eigenvalue weighted by atomic mass is 16.3. The van der Waals surface area contributed by atoms with E-state index in [1.807, 2.05) is 37.5 Å². The van der Waals surface area contributed by atoms with E-state index in [0.29, 0.717) is 0 Å². The molecule has 88 valence electrons. The largest absolute Gasteiger partial charge is 0.386 e. The maximum atomic E-state index is 10.5. The van der Waals surface area contributed by atoms with Crippen LogP contribution in [0.3, 0.4) is 0 Å². The Morgan fingerprint density at radius 3 is 2.47 bits per heavy atom. The number of rotatable bonds is 3. The summed E-state index contributed by atoms with van der Waals surface area (Å²) in [5.41, 5.74) is 1.89. The zero-order valence-corrected chi connectivity index (χ0v) is 9.87. The SMILES string of the molecule is Cn1ccc(C(O)C2(c3ccccc3)CC2)n1. The monoisotopic (exact) mass is 228 g/mol. The Hall–Kier alpha value is -1.61. The van der Waals surface area contributed by atoms with Gasteiger partial charge in [0, 0.05) is 18.7 Å². The fraction of sp³-hybridized carbons (Fsp3) is 0.357. The Balaban J connectivity index is 1.94. The van der Waals surface area contributed by atoms with E-state index in [2.05, 4.69) is 17.2 Å². The molecule has 2 aromatic rings. The van der Waals surface area contributed by atoms with Crippen molar-refractivity contribution in [3.05, 3.63) is 53.9 Å². The van der Waals surface area contributed by atoms with Gasteiger partial charge in [-0.25, -0.2) is 0 Å². The van der Waals surface area contributed by atoms with Crippen LogP contribution >= 0.6 is 0 Å². The van der Waals surface area contributed by atoms with Gasteiger partial charge in [-0.3, -0.25) is 4.68 Å². The Labute approximate surface area is 101 Å². The van der Waals surface area contributed by atoms with Gasteiger partial charge in [0.25, 0.3) is 0 Å². The first-order valence-electron chi connectivity index (χ1n) is 5.95. The molecule has 0 aliphatic heterocycles. The average molecular weight is 228 g/mol. The predicted molar refractivity (Wildman–Crippen MR) is 65.5 cm³/mol. The molecule has 1 N–H and O–H groups in total. The summed E-state index contributed by atoms with van der Waals surface area (Å²) in [6.07, 6.45) is 3.45. The van der Waals surface area contributed by atoms with Gasteiger partial charge in [0.15, 0.2) is 0 Å². The normalized spacial score (nSPS) is 18.9. The molecule has 0 bridgehead atoms. The Kier molecular flexibility index (Phi) is 2.30. The van der Waals surface area contributed by atoms with Crippen LogP contribution in [0.1, 0.15) is 30.2 Å². The van der Waals surface area contributed by atoms with E-state index in [1.165, 1.54) is 5.56 Å². The van der Waals surface area contributed by atoms with Gasteiger partial charge in [-0.1, -0.05) is 30.3 Å². The summed E-state index contributed by atoms with van der Waals surface area (Å²) in [6.45, 7) is 0. The van der Waals surface area contributed by atoms with E-state index in [0.717, 1.165) is 18.5 Å². The number of benzene rings is 1. The first kappa shape index (κ1) is 10.5. The van der Waals surface area contributed by atoms with Crippen molar-refractivity contribution in [1.29, 1.82) is 0 Å². The lowest BCUT2D eigenvalue weighted by Crippen LogP contribution is -2.19. The highest BCUT2D eigenvalue weighted by molar-refractivity contribution is 5.35. The van der Waals surface area contributed by atoms with Crippen LogP contribution in [0.5, 0.6) is 0 Å². The maximum Gasteiger partial charge on any atom is 0.107 e. The Morgan fingerprint density at radius 1 is 1.24 bits per heavy atom. The van der Waals surface area contributed by atoms with Crippen LogP contribution in [-0.4, -0.2) is 14.9 Å². The molecule has 0 spiro atoms. The molecular weight excluding hydrogens is 212 g/mol. The number of hydrogen-bond acceptors (Lipinski definition) is 2. The van der Waals surface area contributed by atoms with Crippen molar-refractivity contribution in [2.45, 2.75) is 24.4 Å². The summed E-state index contributed by atoms with van der Waals surface area (Å²) < 4.78 is 1.74. The molecule has 3 heteroatoms. The summed E-state index contributed by atoms with van der Waals surface area (Å²) in [5.74, 6) is 0. The van der Waals surface area contributed by atoms with Crippen LogP contribution in [-0.2, 0) is 12.5 Å². The van der Waals surface area contributed by atoms with Gasteiger partial charge in [-0.05, 0) is 24.5 Å². The van der Waals surface area contributed by atoms with Crippen molar-refractivity contribution in [2.75, 3.05) is 0 Å². The lowest BCUT2D eigenvalue weighted by molar-refractivity contribution is 0.128. The standard InChI is InChI=1S/C14H16N2O/c1-16-10-7-12(15-16)13(17)14(8-9-14)11-5-3-2-4-6-11/h2-7,10,13,17H,8-9H2,1H3. The molecule has 0 amide bonds. The van der Waals surface area contributed by atoms with Crippen molar-refractivity contribution < 1.29 is 5.11 Å². The molecule has 17 heavy (non-hydrogen) atoms. The van der Waals surface area contributed by atoms with E-state index in [1.54, 1.807) is 4.68 Å². The third-order valence-electron chi connectivity index (χ3n) is 3.68. The molecule has 3 nitrogen and oxygen atoms in total. The van der Waals surface area contributed by atoms with Gasteiger partial charge in [-0.15, -0.1) is 0 Å². The van der Waals surface area contributed by atoms with E-state index in [9.17, 15) is 5.11 Å². The van der Waals surface area contributed by atoms with E-state index in [-0.39, 0.29) is 5.41 Å². The molecule has 0 radical (unpaired) electrons. The third-order valence-corrected chi connectivity index (χ3v) is 3.68. The summed E-state index contributed by atoms with van der Waals surface area (Å²) >= 11 is 0. The van der Waals surface area contributed by atoms with Gasteiger partial charge in [-0.2, -0.15) is 5.10 Å². The molecule has 1 fully saturated rings. The highest BCUT2D eigenvalue weighted by Crippen LogP contribution is 2.56. The second-order valence-electron chi connectivity index (χ2n) is 4.84.